The summed E-state index contributed by atoms with van der Waals surface area (Å²) in [5, 5.41) is 6.21. The number of halogens is 4. The quantitative estimate of drug-likeness (QED) is 0.378. The average molecular weight is 496 g/mol. The van der Waals surface area contributed by atoms with Crippen LogP contribution in [0.3, 0.4) is 0 Å². The molecule has 23 heavy (non-hydrogen) atoms. The van der Waals surface area contributed by atoms with Gasteiger partial charge >= 0.3 is 0 Å². The molecule has 2 aromatic rings. The van der Waals surface area contributed by atoms with E-state index in [4.69, 9.17) is 0 Å². The average Bonchev–Trinajstić information content (AvgIpc) is 2.52. The van der Waals surface area contributed by atoms with E-state index in [1.54, 1.807) is 25.2 Å². The highest BCUT2D eigenvalue weighted by Crippen LogP contribution is 2.16. The van der Waals surface area contributed by atoms with Gasteiger partial charge in [0.15, 0.2) is 5.96 Å². The number of aliphatic imine (C=N–C) groups is 1. The molecule has 0 fully saturated rings. The lowest BCUT2D eigenvalue weighted by Crippen LogP contribution is -2.36. The minimum atomic E-state index is -0.298. The third-order valence-electron chi connectivity index (χ3n) is 3.04. The van der Waals surface area contributed by atoms with E-state index in [2.05, 4.69) is 31.6 Å². The van der Waals surface area contributed by atoms with Crippen molar-refractivity contribution in [2.45, 2.75) is 13.1 Å². The van der Waals surface area contributed by atoms with E-state index in [0.29, 0.717) is 23.5 Å². The Morgan fingerprint density at radius 3 is 2.13 bits per heavy atom. The molecule has 0 spiro atoms. The SMILES string of the molecule is CN=C(NCc1ccc(F)cc1)NCc1ccc(Br)c(F)c1.I. The fraction of sp³-hybridized carbons (Fsp3) is 0.188. The minimum absolute atomic E-state index is 0. The van der Waals surface area contributed by atoms with Gasteiger partial charge in [-0.2, -0.15) is 0 Å². The van der Waals surface area contributed by atoms with E-state index in [0.717, 1.165) is 11.1 Å². The molecule has 0 aliphatic carbocycles. The first-order valence-corrected chi connectivity index (χ1v) is 7.50. The summed E-state index contributed by atoms with van der Waals surface area (Å²) in [5.41, 5.74) is 1.75. The Bertz CT molecular complexity index is 663. The van der Waals surface area contributed by atoms with Gasteiger partial charge in [0.2, 0.25) is 0 Å². The fourth-order valence-corrected chi connectivity index (χ4v) is 2.09. The van der Waals surface area contributed by atoms with Gasteiger partial charge in [0.05, 0.1) is 4.47 Å². The zero-order chi connectivity index (χ0) is 15.9. The van der Waals surface area contributed by atoms with Crippen molar-refractivity contribution in [2.75, 3.05) is 7.05 Å². The van der Waals surface area contributed by atoms with Crippen LogP contribution >= 0.6 is 39.9 Å². The normalized spacial score (nSPS) is 10.9. The van der Waals surface area contributed by atoms with E-state index in [1.165, 1.54) is 18.2 Å². The molecule has 2 N–H and O–H groups in total. The Hall–Kier alpha value is -1.22. The first kappa shape index (κ1) is 19.8. The summed E-state index contributed by atoms with van der Waals surface area (Å²) in [5.74, 6) is 0.0322. The first-order valence-electron chi connectivity index (χ1n) is 6.71. The van der Waals surface area contributed by atoms with Gasteiger partial charge in [-0.25, -0.2) is 8.78 Å². The summed E-state index contributed by atoms with van der Waals surface area (Å²) in [6.07, 6.45) is 0. The van der Waals surface area contributed by atoms with E-state index in [1.807, 2.05) is 6.07 Å². The lowest BCUT2D eigenvalue weighted by molar-refractivity contribution is 0.617. The number of guanidine groups is 1. The van der Waals surface area contributed by atoms with Crippen LogP contribution < -0.4 is 10.6 Å². The molecule has 2 aromatic carbocycles. The van der Waals surface area contributed by atoms with Gasteiger partial charge in [-0.1, -0.05) is 18.2 Å². The minimum Gasteiger partial charge on any atom is -0.352 e. The lowest BCUT2D eigenvalue weighted by atomic mass is 10.2. The molecule has 2 rings (SSSR count). The largest absolute Gasteiger partial charge is 0.352 e. The van der Waals surface area contributed by atoms with Gasteiger partial charge in [0.25, 0.3) is 0 Å². The van der Waals surface area contributed by atoms with Crippen molar-refractivity contribution in [1.82, 2.24) is 10.6 Å². The zero-order valence-corrected chi connectivity index (χ0v) is 16.4. The highest BCUT2D eigenvalue weighted by Gasteiger charge is 2.03. The highest BCUT2D eigenvalue weighted by atomic mass is 127. The lowest BCUT2D eigenvalue weighted by Gasteiger charge is -2.12. The third kappa shape index (κ3) is 6.42. The van der Waals surface area contributed by atoms with Crippen LogP contribution in [-0.2, 0) is 13.1 Å². The van der Waals surface area contributed by atoms with Crippen LogP contribution in [0.15, 0.2) is 51.9 Å². The van der Waals surface area contributed by atoms with Gasteiger partial charge in [0.1, 0.15) is 11.6 Å². The van der Waals surface area contributed by atoms with Gasteiger partial charge in [-0.3, -0.25) is 4.99 Å². The molecule has 0 radical (unpaired) electrons. The van der Waals surface area contributed by atoms with Crippen LogP contribution in [0.4, 0.5) is 8.78 Å². The smallest absolute Gasteiger partial charge is 0.191 e. The van der Waals surface area contributed by atoms with Crippen LogP contribution in [0.5, 0.6) is 0 Å². The zero-order valence-electron chi connectivity index (χ0n) is 12.4. The summed E-state index contributed by atoms with van der Waals surface area (Å²) in [7, 11) is 1.65. The summed E-state index contributed by atoms with van der Waals surface area (Å²) >= 11 is 3.12. The van der Waals surface area contributed by atoms with E-state index in [-0.39, 0.29) is 35.6 Å². The fourth-order valence-electron chi connectivity index (χ4n) is 1.84. The number of hydrogen-bond donors (Lipinski definition) is 2. The maximum absolute atomic E-state index is 13.4. The first-order chi connectivity index (χ1) is 10.6. The Morgan fingerprint density at radius 2 is 1.57 bits per heavy atom. The Labute approximate surface area is 159 Å². The van der Waals surface area contributed by atoms with Crippen LogP contribution in [0.25, 0.3) is 0 Å². The molecular formula is C16H17BrF2IN3. The van der Waals surface area contributed by atoms with Crippen molar-refractivity contribution >= 4 is 45.9 Å². The molecule has 0 saturated carbocycles. The van der Waals surface area contributed by atoms with E-state index in [9.17, 15) is 8.78 Å². The number of benzene rings is 2. The molecule has 0 aliphatic rings. The molecule has 0 saturated heterocycles. The molecule has 0 amide bonds. The van der Waals surface area contributed by atoms with Crippen LogP contribution in [0.2, 0.25) is 0 Å². The summed E-state index contributed by atoms with van der Waals surface area (Å²) in [4.78, 5) is 4.09. The van der Waals surface area contributed by atoms with Crippen LogP contribution in [0.1, 0.15) is 11.1 Å². The van der Waals surface area contributed by atoms with Gasteiger partial charge in [-0.15, -0.1) is 24.0 Å². The molecule has 0 bridgehead atoms. The molecule has 0 aromatic heterocycles. The van der Waals surface area contributed by atoms with Crippen molar-refractivity contribution < 1.29 is 8.78 Å². The molecule has 3 nitrogen and oxygen atoms in total. The maximum Gasteiger partial charge on any atom is 0.191 e. The van der Waals surface area contributed by atoms with Crippen LogP contribution in [-0.4, -0.2) is 13.0 Å². The van der Waals surface area contributed by atoms with E-state index < -0.39 is 0 Å². The predicted octanol–water partition coefficient (Wildman–Crippen LogP) is 4.21. The second-order valence-corrected chi connectivity index (χ2v) is 5.51. The van der Waals surface area contributed by atoms with Crippen molar-refractivity contribution in [3.05, 3.63) is 69.7 Å². The Kier molecular flexibility index (Phi) is 8.46. The second kappa shape index (κ2) is 9.82. The van der Waals surface area contributed by atoms with Crippen molar-refractivity contribution in [3.8, 4) is 0 Å². The number of hydrogen-bond acceptors (Lipinski definition) is 1. The second-order valence-electron chi connectivity index (χ2n) is 4.65. The number of nitrogens with one attached hydrogen (secondary N) is 2. The van der Waals surface area contributed by atoms with Crippen molar-refractivity contribution in [1.29, 1.82) is 0 Å². The summed E-state index contributed by atoms with van der Waals surface area (Å²) in [6, 6.07) is 11.2. The summed E-state index contributed by atoms with van der Waals surface area (Å²) in [6.45, 7) is 0.974. The number of rotatable bonds is 4. The molecule has 7 heteroatoms. The van der Waals surface area contributed by atoms with Gasteiger partial charge < -0.3 is 10.6 Å². The monoisotopic (exact) mass is 495 g/mol. The Balaban J connectivity index is 0.00000264. The number of nitrogens with zero attached hydrogens (tertiary/aromatic N) is 1. The molecule has 0 heterocycles. The highest BCUT2D eigenvalue weighted by molar-refractivity contribution is 14.0. The van der Waals surface area contributed by atoms with Crippen LogP contribution in [0, 0.1) is 11.6 Å². The Morgan fingerprint density at radius 1 is 1.00 bits per heavy atom. The molecule has 0 atom stereocenters. The summed E-state index contributed by atoms with van der Waals surface area (Å²) < 4.78 is 26.7. The molecular weight excluding hydrogens is 479 g/mol. The molecule has 0 aliphatic heterocycles. The standard InChI is InChI=1S/C16H16BrF2N3.HI/c1-20-16(21-9-11-2-5-13(18)6-3-11)22-10-12-4-7-14(17)15(19)8-12;/h2-8H,9-10H2,1H3,(H2,20,21,22);1H. The third-order valence-corrected chi connectivity index (χ3v) is 3.68. The topological polar surface area (TPSA) is 36.4 Å². The van der Waals surface area contributed by atoms with E-state index >= 15 is 0 Å². The van der Waals surface area contributed by atoms with Gasteiger partial charge in [0, 0.05) is 20.1 Å². The molecule has 0 unspecified atom stereocenters. The van der Waals surface area contributed by atoms with Crippen molar-refractivity contribution in [3.63, 3.8) is 0 Å². The molecule has 124 valence electrons. The van der Waals surface area contributed by atoms with Crippen molar-refractivity contribution in [2.24, 2.45) is 4.99 Å². The van der Waals surface area contributed by atoms with Gasteiger partial charge in [-0.05, 0) is 51.3 Å². The maximum atomic E-state index is 13.4. The predicted molar refractivity (Wildman–Crippen MR) is 103 cm³/mol.